The van der Waals surface area contributed by atoms with Gasteiger partial charge < -0.3 is 21.5 Å². The molecule has 0 saturated carbocycles. The Hall–Kier alpha value is -3.11. The van der Waals surface area contributed by atoms with E-state index in [1.807, 2.05) is 0 Å². The molecule has 0 fully saturated rings. The zero-order valence-corrected chi connectivity index (χ0v) is 16.7. The summed E-state index contributed by atoms with van der Waals surface area (Å²) in [7, 11) is 1.40. The second-order valence-electron chi connectivity index (χ2n) is 7.02. The highest BCUT2D eigenvalue weighted by atomic mass is 19.4. The topological polar surface area (TPSA) is 142 Å². The van der Waals surface area contributed by atoms with Gasteiger partial charge in [-0.15, -0.1) is 0 Å². The molecule has 3 atom stereocenters. The van der Waals surface area contributed by atoms with E-state index in [0.29, 0.717) is 5.75 Å². The van der Waals surface area contributed by atoms with Crippen LogP contribution in [0.5, 0.6) is 5.75 Å². The highest BCUT2D eigenvalue weighted by Crippen LogP contribution is 2.30. The fourth-order valence-electron chi connectivity index (χ4n) is 2.93. The van der Waals surface area contributed by atoms with E-state index in [-0.39, 0.29) is 5.56 Å². The molecule has 1 unspecified atom stereocenters. The maximum Gasteiger partial charge on any atom is 0.452 e. The van der Waals surface area contributed by atoms with Crippen molar-refractivity contribution in [1.82, 2.24) is 5.32 Å². The quantitative estimate of drug-likeness (QED) is 0.507. The molecule has 8 nitrogen and oxygen atoms in total. The average molecular weight is 431 g/mol. The van der Waals surface area contributed by atoms with Gasteiger partial charge in [-0.25, -0.2) is 0 Å². The number of methoxy groups -OCH3 is 1. The van der Waals surface area contributed by atoms with Crippen LogP contribution in [0.1, 0.15) is 31.7 Å². The van der Waals surface area contributed by atoms with Gasteiger partial charge in [-0.2, -0.15) is 13.2 Å². The summed E-state index contributed by atoms with van der Waals surface area (Å²) in [6.07, 6.45) is -5.78. The number of amides is 3. The Morgan fingerprint density at radius 2 is 1.60 bits per heavy atom. The molecule has 166 valence electrons. The number of carbonyl (C=O) groups is 4. The van der Waals surface area contributed by atoms with Crippen LogP contribution < -0.4 is 21.5 Å². The molecule has 0 aliphatic heterocycles. The minimum absolute atomic E-state index is 0.181. The normalized spacial score (nSPS) is 14.5. The first-order valence-electron chi connectivity index (χ1n) is 8.92. The molecule has 0 aromatic heterocycles. The molecule has 1 rings (SSSR count). The highest BCUT2D eigenvalue weighted by molar-refractivity contribution is 5.97. The van der Waals surface area contributed by atoms with Gasteiger partial charge in [0.25, 0.3) is 5.78 Å². The van der Waals surface area contributed by atoms with Crippen molar-refractivity contribution in [2.45, 2.75) is 38.4 Å². The summed E-state index contributed by atoms with van der Waals surface area (Å²) in [5, 5.41) is 2.06. The number of nitrogens with one attached hydrogen (secondary N) is 1. The zero-order chi connectivity index (χ0) is 23.2. The van der Waals surface area contributed by atoms with Crippen molar-refractivity contribution in [3.05, 3.63) is 29.8 Å². The van der Waals surface area contributed by atoms with Crippen molar-refractivity contribution in [3.63, 3.8) is 0 Å². The average Bonchev–Trinajstić information content (AvgIpc) is 2.64. The molecule has 5 N–H and O–H groups in total. The van der Waals surface area contributed by atoms with Crippen LogP contribution in [0.15, 0.2) is 24.3 Å². The summed E-state index contributed by atoms with van der Waals surface area (Å²) in [5.41, 5.74) is 10.7. The molecular formula is C19H24F3N3O5. The van der Waals surface area contributed by atoms with Crippen LogP contribution in [-0.2, 0) is 19.2 Å². The van der Waals surface area contributed by atoms with E-state index in [0.717, 1.165) is 0 Å². The van der Waals surface area contributed by atoms with E-state index in [4.69, 9.17) is 16.2 Å². The van der Waals surface area contributed by atoms with E-state index in [9.17, 15) is 32.3 Å². The Morgan fingerprint density at radius 1 is 1.07 bits per heavy atom. The third-order valence-electron chi connectivity index (χ3n) is 4.47. The smallest absolute Gasteiger partial charge is 0.452 e. The van der Waals surface area contributed by atoms with Crippen LogP contribution in [0.25, 0.3) is 0 Å². The van der Waals surface area contributed by atoms with Gasteiger partial charge in [0, 0.05) is 6.42 Å². The molecular weight excluding hydrogens is 407 g/mol. The van der Waals surface area contributed by atoms with Gasteiger partial charge in [0.05, 0.1) is 25.0 Å². The summed E-state index contributed by atoms with van der Waals surface area (Å²) in [6, 6.07) is 3.82. The first kappa shape index (κ1) is 24.9. The molecule has 0 radical (unpaired) electrons. The number of hydrogen-bond donors (Lipinski definition) is 3. The number of hydrogen-bond acceptors (Lipinski definition) is 5. The predicted octanol–water partition coefficient (Wildman–Crippen LogP) is 1.03. The van der Waals surface area contributed by atoms with Crippen LogP contribution in [0.4, 0.5) is 13.2 Å². The largest absolute Gasteiger partial charge is 0.497 e. The van der Waals surface area contributed by atoms with E-state index in [2.05, 4.69) is 5.32 Å². The summed E-state index contributed by atoms with van der Waals surface area (Å²) in [4.78, 5) is 48.0. The fraction of sp³-hybridized carbons (Fsp3) is 0.474. The third kappa shape index (κ3) is 6.46. The number of benzene rings is 1. The van der Waals surface area contributed by atoms with Crippen molar-refractivity contribution in [2.75, 3.05) is 7.11 Å². The molecule has 3 amide bonds. The van der Waals surface area contributed by atoms with Gasteiger partial charge in [0.2, 0.25) is 17.7 Å². The number of halogens is 3. The minimum Gasteiger partial charge on any atom is -0.497 e. The predicted molar refractivity (Wildman–Crippen MR) is 100 cm³/mol. The van der Waals surface area contributed by atoms with E-state index in [1.165, 1.54) is 45.2 Å². The number of carbonyl (C=O) groups excluding carboxylic acids is 4. The summed E-state index contributed by atoms with van der Waals surface area (Å²) in [5.74, 6) is -8.57. The van der Waals surface area contributed by atoms with Crippen LogP contribution >= 0.6 is 0 Å². The first-order valence-corrected chi connectivity index (χ1v) is 8.92. The molecule has 0 spiro atoms. The zero-order valence-electron chi connectivity index (χ0n) is 16.7. The van der Waals surface area contributed by atoms with E-state index < -0.39 is 59.9 Å². The van der Waals surface area contributed by atoms with Gasteiger partial charge in [0.1, 0.15) is 5.75 Å². The molecule has 1 aromatic carbocycles. The molecule has 1 aromatic rings. The molecule has 0 saturated heterocycles. The van der Waals surface area contributed by atoms with Crippen molar-refractivity contribution < 1.29 is 37.1 Å². The number of primary amides is 2. The standard InChI is InChI=1S/C19H24F3N3O5/c1-9(2)15(16(27)19(20,21)22)25-18(29)14(12(17(24)28)8-13(23)26)10-4-6-11(30-3)7-5-10/h4-7,9,12,14-15H,8H2,1-3H3,(H2,23,26)(H2,24,28)(H,25,29)/t12?,14-,15+/m1/s1. The molecule has 11 heteroatoms. The van der Waals surface area contributed by atoms with Crippen LogP contribution in [0.2, 0.25) is 0 Å². The number of nitrogens with two attached hydrogens (primary N) is 2. The number of rotatable bonds is 10. The Labute approximate surface area is 171 Å². The molecule has 30 heavy (non-hydrogen) atoms. The fourth-order valence-corrected chi connectivity index (χ4v) is 2.93. The second kappa shape index (κ2) is 10.1. The SMILES string of the molecule is COc1ccc([C@@H](C(=O)N[C@H](C(=O)C(F)(F)F)C(C)C)C(CC(N)=O)C(N)=O)cc1. The maximum absolute atomic E-state index is 12.9. The molecule has 0 bridgehead atoms. The third-order valence-corrected chi connectivity index (χ3v) is 4.47. The highest BCUT2D eigenvalue weighted by Gasteiger charge is 2.46. The number of Topliss-reactive ketones (excluding diaryl/α,β-unsaturated/α-hetero) is 1. The van der Waals surface area contributed by atoms with Gasteiger partial charge in [-0.1, -0.05) is 26.0 Å². The number of ether oxygens (including phenoxy) is 1. The van der Waals surface area contributed by atoms with Gasteiger partial charge in [-0.3, -0.25) is 19.2 Å². The van der Waals surface area contributed by atoms with Gasteiger partial charge in [-0.05, 0) is 23.6 Å². The summed E-state index contributed by atoms with van der Waals surface area (Å²) < 4.78 is 43.8. The van der Waals surface area contributed by atoms with Crippen molar-refractivity contribution in [3.8, 4) is 5.75 Å². The van der Waals surface area contributed by atoms with E-state index >= 15 is 0 Å². The lowest BCUT2D eigenvalue weighted by atomic mass is 9.82. The molecule has 0 aliphatic rings. The Bertz CT molecular complexity index is 794. The van der Waals surface area contributed by atoms with Crippen molar-refractivity contribution in [2.24, 2.45) is 23.3 Å². The molecule has 0 heterocycles. The van der Waals surface area contributed by atoms with Gasteiger partial charge >= 0.3 is 6.18 Å². The molecule has 0 aliphatic carbocycles. The summed E-state index contributed by atoms with van der Waals surface area (Å²) >= 11 is 0. The second-order valence-corrected chi connectivity index (χ2v) is 7.02. The first-order chi connectivity index (χ1) is 13.8. The Kier molecular flexibility index (Phi) is 8.38. The van der Waals surface area contributed by atoms with Crippen LogP contribution in [0.3, 0.4) is 0 Å². The number of alkyl halides is 3. The minimum atomic E-state index is -5.17. The van der Waals surface area contributed by atoms with Crippen LogP contribution in [0, 0.1) is 11.8 Å². The maximum atomic E-state index is 12.9. The lowest BCUT2D eigenvalue weighted by molar-refractivity contribution is -0.175. The lowest BCUT2D eigenvalue weighted by Gasteiger charge is -2.28. The van der Waals surface area contributed by atoms with E-state index in [1.54, 1.807) is 0 Å². The van der Waals surface area contributed by atoms with Gasteiger partial charge in [0.15, 0.2) is 0 Å². The lowest BCUT2D eigenvalue weighted by Crippen LogP contribution is -2.52. The Morgan fingerprint density at radius 3 is 1.97 bits per heavy atom. The Balaban J connectivity index is 3.40. The number of ketones is 1. The van der Waals surface area contributed by atoms with Crippen molar-refractivity contribution in [1.29, 1.82) is 0 Å². The van der Waals surface area contributed by atoms with Crippen molar-refractivity contribution >= 4 is 23.5 Å². The summed E-state index contributed by atoms with van der Waals surface area (Å²) in [6.45, 7) is 2.65. The monoisotopic (exact) mass is 431 g/mol. The van der Waals surface area contributed by atoms with Crippen LogP contribution in [-0.4, -0.2) is 42.8 Å².